The Balaban J connectivity index is 0. The summed E-state index contributed by atoms with van der Waals surface area (Å²) in [6, 6.07) is 0. The van der Waals surface area contributed by atoms with Crippen LogP contribution >= 0.6 is 0 Å². The SMILES string of the molecule is [Cf].[O]=[Cr](=[O])([OH])[OH]. The zero-order valence-electron chi connectivity index (χ0n) is 2.44. The van der Waals surface area contributed by atoms with Gasteiger partial charge in [-0.1, -0.05) is 0 Å². The Kier molecular flexibility index (Phi) is 2.20. The van der Waals surface area contributed by atoms with Crippen LogP contribution in [0.5, 0.6) is 0 Å². The minimum atomic E-state index is -5.25. The predicted molar refractivity (Wildman–Crippen MR) is 5.81 cm³/mol. The third-order valence-corrected chi connectivity index (χ3v) is 0. The van der Waals surface area contributed by atoms with Crippen LogP contribution in [-0.4, -0.2) is 8.32 Å². The Morgan fingerprint density at radius 2 is 1.17 bits per heavy atom. The van der Waals surface area contributed by atoms with E-state index in [4.69, 9.17) is 15.9 Å². The van der Waals surface area contributed by atoms with E-state index in [-0.39, 0.29) is 0 Å². The van der Waals surface area contributed by atoms with Crippen LogP contribution in [0.2, 0.25) is 0 Å². The minimum absolute atomic E-state index is 0. The van der Waals surface area contributed by atoms with Crippen LogP contribution in [0, 0.1) is 0 Å². The van der Waals surface area contributed by atoms with Gasteiger partial charge in [-0.3, -0.25) is 0 Å². The van der Waals surface area contributed by atoms with Crippen LogP contribution < -0.4 is 0 Å². The summed E-state index contributed by atoms with van der Waals surface area (Å²) in [5.41, 5.74) is 0. The first-order chi connectivity index (χ1) is 2.00. The molecule has 6 heavy (non-hydrogen) atoms. The van der Waals surface area contributed by atoms with Crippen molar-refractivity contribution in [1.29, 1.82) is 0 Å². The van der Waals surface area contributed by atoms with Crippen molar-refractivity contribution in [3.8, 4) is 0 Å². The Bertz CT molecular complexity index is 90.7. The van der Waals surface area contributed by atoms with Gasteiger partial charge in [-0.2, -0.15) is 0 Å². The van der Waals surface area contributed by atoms with Crippen LogP contribution in [-0.2, 0) is 21.2 Å². The molecule has 0 radical (unpaired) electrons. The van der Waals surface area contributed by atoms with Crippen molar-refractivity contribution < 1.29 is 29.5 Å². The van der Waals surface area contributed by atoms with E-state index >= 15 is 0 Å². The van der Waals surface area contributed by atoms with Gasteiger partial charge in [0.25, 0.3) is 0 Å². The summed E-state index contributed by atoms with van der Waals surface area (Å²) in [6.45, 7) is 0. The Hall–Kier alpha value is -0.948. The molecular weight excluding hydrogens is 367 g/mol. The second-order valence-corrected chi connectivity index (χ2v) is 1.85. The van der Waals surface area contributed by atoms with Crippen molar-refractivity contribution in [2.45, 2.75) is 0 Å². The molecule has 0 amide bonds. The summed E-state index contributed by atoms with van der Waals surface area (Å²) in [5, 5.41) is 0. The number of rotatable bonds is 0. The van der Waals surface area contributed by atoms with Gasteiger partial charge in [0.15, 0.2) is 0 Å². The molecule has 0 aliphatic heterocycles. The van der Waals surface area contributed by atoms with E-state index in [1.54, 1.807) is 0 Å². The van der Waals surface area contributed by atoms with Crippen molar-refractivity contribution in [2.75, 3.05) is 0 Å². The van der Waals surface area contributed by atoms with Crippen LogP contribution in [0.4, 0.5) is 0 Å². The molecule has 0 bridgehead atoms. The molecule has 0 atom stereocenters. The molecule has 0 aromatic rings. The fraction of sp³-hybridized carbons (Fsp3) is 0. The van der Waals surface area contributed by atoms with Gasteiger partial charge in [-0.15, -0.1) is 0 Å². The molecule has 0 unspecified atom stereocenters. The number of hydrogen-bond acceptors (Lipinski definition) is 2. The summed E-state index contributed by atoms with van der Waals surface area (Å²) < 4.78 is 31.9. The zero-order chi connectivity index (χ0) is 4.50. The molecule has 6 heteroatoms. The maximum atomic E-state index is 8.82. The van der Waals surface area contributed by atoms with Crippen LogP contribution in [0.25, 0.3) is 0 Å². The average molecular weight is 369 g/mol. The molecule has 0 aromatic heterocycles. The molecule has 0 aliphatic rings. The first-order valence-electron chi connectivity index (χ1n) is 0.698. The fourth-order valence-electron chi connectivity index (χ4n) is 0. The van der Waals surface area contributed by atoms with Crippen LogP contribution in [0.15, 0.2) is 0 Å². The van der Waals surface area contributed by atoms with Crippen molar-refractivity contribution in [3.05, 3.63) is 0 Å². The van der Waals surface area contributed by atoms with Gasteiger partial charge in [-0.25, -0.2) is 0 Å². The molecule has 4 nitrogen and oxygen atoms in total. The van der Waals surface area contributed by atoms with Gasteiger partial charge in [0, 0.05) is 0 Å². The topological polar surface area (TPSA) is 74.6 Å². The van der Waals surface area contributed by atoms with Crippen molar-refractivity contribution in [1.82, 2.24) is 0 Å². The summed E-state index contributed by atoms with van der Waals surface area (Å²) in [7, 11) is 0. The molecule has 0 saturated heterocycles. The Morgan fingerprint density at radius 3 is 1.17 bits per heavy atom. The molecule has 0 rings (SSSR count). The first-order valence-corrected chi connectivity index (χ1v) is 2.88. The van der Waals surface area contributed by atoms with Crippen molar-refractivity contribution in [3.63, 3.8) is 0 Å². The molecule has 0 heterocycles. The Morgan fingerprint density at radius 1 is 1.17 bits per heavy atom. The monoisotopic (exact) mass is 367 g/mol. The van der Waals surface area contributed by atoms with Crippen LogP contribution in [0.3, 0.4) is 0 Å². The van der Waals surface area contributed by atoms with Gasteiger partial charge < -0.3 is 0 Å². The summed E-state index contributed by atoms with van der Waals surface area (Å²) >= 11 is -5.25. The van der Waals surface area contributed by atoms with E-state index in [0.29, 0.717) is 0 Å². The quantitative estimate of drug-likeness (QED) is 0.554. The molecule has 0 fully saturated rings. The van der Waals surface area contributed by atoms with E-state index in [1.165, 1.54) is 0 Å². The normalized spacial score (nSPS) is 9.67. The van der Waals surface area contributed by atoms with Crippen molar-refractivity contribution >= 4 is 0 Å². The van der Waals surface area contributed by atoms with Gasteiger partial charge >= 0.3 is 29.5 Å². The van der Waals surface area contributed by atoms with Crippen molar-refractivity contribution in [2.24, 2.45) is 0 Å². The molecule has 2 N–H and O–H groups in total. The second-order valence-electron chi connectivity index (χ2n) is 0.448. The summed E-state index contributed by atoms with van der Waals surface area (Å²) in [6.07, 6.45) is 0. The van der Waals surface area contributed by atoms with Gasteiger partial charge in [-0.05, 0) is 0 Å². The van der Waals surface area contributed by atoms with E-state index in [9.17, 15) is 0 Å². The van der Waals surface area contributed by atoms with Crippen LogP contribution in [0.1, 0.15) is 0 Å². The average Bonchev–Trinajstić information content (AvgIpc) is 0.722. The molecule has 0 saturated carbocycles. The molecule has 0 aromatic carbocycles. The second kappa shape index (κ2) is 1.48. The predicted octanol–water partition coefficient (Wildman–Crippen LogP) is -1.35. The van der Waals surface area contributed by atoms with Gasteiger partial charge in [0.05, 0.1) is 0 Å². The van der Waals surface area contributed by atoms with E-state index in [2.05, 4.69) is 0 Å². The molecule has 0 spiro atoms. The van der Waals surface area contributed by atoms with E-state index in [0.717, 1.165) is 0 Å². The Labute approximate surface area is 30.4 Å². The molecular formula is H2CfCrO4. The van der Waals surface area contributed by atoms with E-state index in [1.807, 2.05) is 0 Å². The first kappa shape index (κ1) is 8.91. The standard InChI is InChI=1S/Cf.Cr.2H2O.2O/h;;2*1H2;;/q;+2;;;;/p-2. The molecule has 0 aliphatic carbocycles. The van der Waals surface area contributed by atoms with E-state index < -0.39 is 13.6 Å². The third-order valence-electron chi connectivity index (χ3n) is 0. The van der Waals surface area contributed by atoms with Gasteiger partial charge in [0.1, 0.15) is 0 Å². The summed E-state index contributed by atoms with van der Waals surface area (Å²) in [4.78, 5) is 0. The third kappa shape index (κ3) is 14.3. The molecule has 42 valence electrons. The fourth-order valence-corrected chi connectivity index (χ4v) is 0. The van der Waals surface area contributed by atoms with Gasteiger partial charge in [0.2, 0.25) is 0 Å². The summed E-state index contributed by atoms with van der Waals surface area (Å²) in [5.74, 6) is 0. The number of hydrogen-bond donors (Lipinski definition) is 2. The zero-order valence-corrected chi connectivity index (χ0v) is 6.34. The maximum absolute atomic E-state index is 8.82.